The van der Waals surface area contributed by atoms with Crippen molar-refractivity contribution in [3.63, 3.8) is 0 Å². The van der Waals surface area contributed by atoms with Crippen LogP contribution in [-0.4, -0.2) is 44.8 Å². The van der Waals surface area contributed by atoms with Crippen molar-refractivity contribution in [2.45, 2.75) is 115 Å². The zero-order valence-electron chi connectivity index (χ0n) is 19.9. The van der Waals surface area contributed by atoms with E-state index < -0.39 is 32.1 Å². The summed E-state index contributed by atoms with van der Waals surface area (Å²) in [7, 11) is 0. The second-order valence-corrected chi connectivity index (χ2v) is 15.7. The maximum absolute atomic E-state index is 12.0. The third kappa shape index (κ3) is 54.7. The fourth-order valence-electron chi connectivity index (χ4n) is 3.13. The van der Waals surface area contributed by atoms with E-state index in [2.05, 4.69) is 12.5 Å². The molecule has 0 heterocycles. The Morgan fingerprint density at radius 3 is 1.00 bits per heavy atom. The van der Waals surface area contributed by atoms with Crippen LogP contribution in [0.2, 0.25) is 0 Å². The molecule has 0 aliphatic carbocycles. The van der Waals surface area contributed by atoms with Gasteiger partial charge in [-0.3, -0.25) is 0 Å². The molecule has 0 rings (SSSR count). The van der Waals surface area contributed by atoms with Crippen LogP contribution in [0.25, 0.3) is 0 Å². The van der Waals surface area contributed by atoms with E-state index in [1.54, 1.807) is 0 Å². The maximum atomic E-state index is 12.0. The second kappa shape index (κ2) is 17.0. The van der Waals surface area contributed by atoms with Gasteiger partial charge in [0, 0.05) is 6.42 Å². The second-order valence-electron chi connectivity index (χ2n) is 8.54. The van der Waals surface area contributed by atoms with E-state index in [0.29, 0.717) is 6.42 Å². The van der Waals surface area contributed by atoms with Gasteiger partial charge in [-0.1, -0.05) is 89.9 Å². The number of halogens is 9. The summed E-state index contributed by atoms with van der Waals surface area (Å²) < 4.78 is 101. The van der Waals surface area contributed by atoms with Crippen molar-refractivity contribution >= 4 is 30.7 Å². The fourth-order valence-corrected chi connectivity index (χ4v) is 3.58. The molecule has 0 amide bonds. The summed E-state index contributed by atoms with van der Waals surface area (Å²) in [6.07, 6.45) is 18.4. The van der Waals surface area contributed by atoms with Gasteiger partial charge in [0.25, 0.3) is 0 Å². The first-order valence-corrected chi connectivity index (χ1v) is 19.5. The van der Waals surface area contributed by atoms with E-state index in [-0.39, 0.29) is 11.2 Å². The minimum atomic E-state index is -11.2. The van der Waals surface area contributed by atoms with Crippen LogP contribution < -0.4 is 0 Å². The number of rotatable bonds is 19. The normalized spacial score (nSPS) is 14.5. The molecule has 12 heteroatoms. The number of alkyl halides is 3. The van der Waals surface area contributed by atoms with Crippen LogP contribution in [0.1, 0.15) is 109 Å². The minimum absolute atomic E-state index is 0.126. The van der Waals surface area contributed by atoms with Crippen molar-refractivity contribution < 1.29 is 34.2 Å². The van der Waals surface area contributed by atoms with Crippen molar-refractivity contribution in [3.8, 4) is 0 Å². The molecule has 0 aromatic heterocycles. The predicted molar refractivity (Wildman–Crippen MR) is 122 cm³/mol. The van der Waals surface area contributed by atoms with Gasteiger partial charge in [0.1, 0.15) is 30.3 Å². The van der Waals surface area contributed by atoms with Gasteiger partial charge in [0.05, 0.1) is 0 Å². The Balaban J connectivity index is 0. The summed E-state index contributed by atoms with van der Waals surface area (Å²) in [5.41, 5.74) is 0. The number of hydrogen-bond donors (Lipinski definition) is 0. The van der Waals surface area contributed by atoms with Gasteiger partial charge in [-0.05, 0) is 12.8 Å². The predicted octanol–water partition coefficient (Wildman–Crippen LogP) is 10.1. The number of hydrogen-bond acceptors (Lipinski definition) is 1. The monoisotopic (exact) mass is 634 g/mol. The summed E-state index contributed by atoms with van der Waals surface area (Å²) >= 11 is -11.1. The molecule has 33 heavy (non-hydrogen) atoms. The first kappa shape index (κ1) is 35.7. The Morgan fingerprint density at radius 1 is 0.515 bits per heavy atom. The third-order valence-corrected chi connectivity index (χ3v) is 5.31. The van der Waals surface area contributed by atoms with Crippen LogP contribution in [0.3, 0.4) is 0 Å². The van der Waals surface area contributed by atoms with Gasteiger partial charge in [-0.2, -0.15) is 17.4 Å². The van der Waals surface area contributed by atoms with E-state index >= 15 is 0 Å². The molecule has 0 aliphatic rings. The Bertz CT molecular complexity index is 442. The van der Waals surface area contributed by atoms with E-state index in [9.17, 15) is 30.0 Å². The van der Waals surface area contributed by atoms with E-state index in [0.717, 1.165) is 25.9 Å². The standard InChI is InChI=1S/C21H42F3OS.6FH.Sb/c1-26(2)25-20-18-16-14-12-10-8-6-4-3-5-7-9-11-13-15-17-19-21(22,23)24;;;;;;;/h3-20H2,1-2H3;6*1H;/q+1;;;;;;;+5/p-6. The molecule has 0 bridgehead atoms. The van der Waals surface area contributed by atoms with Gasteiger partial charge in [-0.15, -0.1) is 0 Å². The van der Waals surface area contributed by atoms with Crippen molar-refractivity contribution in [1.82, 2.24) is 0 Å². The van der Waals surface area contributed by atoms with Gasteiger partial charge >= 0.3 is 42.5 Å². The molecule has 0 spiro atoms. The van der Waals surface area contributed by atoms with Crippen LogP contribution in [0.15, 0.2) is 0 Å². The first-order chi connectivity index (χ1) is 14.9. The van der Waals surface area contributed by atoms with E-state index in [1.807, 2.05) is 0 Å². The SMILES string of the molecule is C[S+](C)OCCCCCCCCCCCCCCCCCCC(F)(F)F.[F][Sb-]([F])([F])([F])([F])[F]. The molecule has 0 saturated carbocycles. The van der Waals surface area contributed by atoms with E-state index in [1.165, 1.54) is 77.0 Å². The molecule has 0 radical (unpaired) electrons. The Morgan fingerprint density at radius 2 is 0.758 bits per heavy atom. The van der Waals surface area contributed by atoms with Crippen molar-refractivity contribution in [1.29, 1.82) is 0 Å². The van der Waals surface area contributed by atoms with Crippen molar-refractivity contribution in [3.05, 3.63) is 0 Å². The number of unbranched alkanes of at least 4 members (excludes halogenated alkanes) is 15. The molecule has 0 aliphatic heterocycles. The molecular weight excluding hydrogens is 593 g/mol. The van der Waals surface area contributed by atoms with Gasteiger partial charge in [-0.25, -0.2) is 0 Å². The summed E-state index contributed by atoms with van der Waals surface area (Å²) in [5.74, 6) is 0. The zero-order valence-corrected chi connectivity index (χ0v) is 23.3. The van der Waals surface area contributed by atoms with E-state index in [4.69, 9.17) is 4.18 Å². The average Bonchev–Trinajstić information content (AvgIpc) is 2.60. The molecule has 0 unspecified atom stereocenters. The molecule has 0 aromatic carbocycles. The van der Waals surface area contributed by atoms with Crippen LogP contribution in [-0.2, 0) is 15.4 Å². The summed E-state index contributed by atoms with van der Waals surface area (Å²) in [6, 6.07) is 0. The Kier molecular flexibility index (Phi) is 18.4. The molecule has 0 aromatic rings. The van der Waals surface area contributed by atoms with Gasteiger partial charge in [0.2, 0.25) is 0 Å². The summed E-state index contributed by atoms with van der Waals surface area (Å²) in [5, 5.41) is 0. The Labute approximate surface area is 199 Å². The first-order valence-electron chi connectivity index (χ1n) is 11.7. The van der Waals surface area contributed by atoms with Gasteiger partial charge in [0.15, 0.2) is 0 Å². The van der Waals surface area contributed by atoms with Gasteiger partial charge < -0.3 is 0 Å². The van der Waals surface area contributed by atoms with Crippen molar-refractivity contribution in [2.75, 3.05) is 19.1 Å². The summed E-state index contributed by atoms with van der Waals surface area (Å²) in [6.45, 7) is 0.920. The average molecular weight is 635 g/mol. The molecule has 0 N–H and O–H groups in total. The molecule has 0 saturated heterocycles. The molecule has 0 atom stereocenters. The fraction of sp³-hybridized carbons (Fsp3) is 1.00. The summed E-state index contributed by atoms with van der Waals surface area (Å²) in [4.78, 5) is 0. The van der Waals surface area contributed by atoms with Crippen LogP contribution in [0, 0.1) is 0 Å². The quantitative estimate of drug-likeness (QED) is 0.0594. The van der Waals surface area contributed by atoms with Crippen LogP contribution >= 0.6 is 0 Å². The zero-order chi connectivity index (χ0) is 25.9. The van der Waals surface area contributed by atoms with Crippen molar-refractivity contribution in [2.24, 2.45) is 0 Å². The Hall–Kier alpha value is 0.498. The van der Waals surface area contributed by atoms with Crippen LogP contribution in [0.5, 0.6) is 0 Å². The molecule has 1 nitrogen and oxygen atoms in total. The molecule has 0 fully saturated rings. The van der Waals surface area contributed by atoms with Crippen LogP contribution in [0.4, 0.5) is 30.0 Å². The third-order valence-electron chi connectivity index (χ3n) is 4.67. The topological polar surface area (TPSA) is 9.23 Å². The molecule has 206 valence electrons. The molecular formula is C21H42F9OSSb.